The highest BCUT2D eigenvalue weighted by Gasteiger charge is 2.17. The van der Waals surface area contributed by atoms with Crippen LogP contribution in [0.2, 0.25) is 0 Å². The molecule has 0 fully saturated rings. The molecule has 2 aromatic carbocycles. The van der Waals surface area contributed by atoms with Gasteiger partial charge in [0.15, 0.2) is 10.3 Å². The first-order valence-corrected chi connectivity index (χ1v) is 15.3. The molecule has 12 nitrogen and oxygen atoms in total. The number of carbonyl (C=O) groups excluding carboxylic acids is 1. The van der Waals surface area contributed by atoms with Crippen LogP contribution in [-0.2, 0) is 4.74 Å². The molecule has 0 saturated carbocycles. The summed E-state index contributed by atoms with van der Waals surface area (Å²) in [5.74, 6) is 1.12. The number of aromatic nitrogens is 4. The Morgan fingerprint density at radius 2 is 1.24 bits per heavy atom. The first kappa shape index (κ1) is 31.2. The number of nitrogen functional groups attached to an aromatic ring is 1. The molecule has 0 bridgehead atoms. The summed E-state index contributed by atoms with van der Waals surface area (Å²) >= 11 is 2.86. The van der Waals surface area contributed by atoms with Gasteiger partial charge in [0.1, 0.15) is 5.60 Å². The monoisotopic (exact) mass is 644 g/mol. The summed E-state index contributed by atoms with van der Waals surface area (Å²) < 4.78 is 17.5. The lowest BCUT2D eigenvalue weighted by atomic mass is 10.2. The normalized spacial score (nSPS) is 11.0. The van der Waals surface area contributed by atoms with Gasteiger partial charge in [-0.25, -0.2) is 24.7 Å². The van der Waals surface area contributed by atoms with E-state index in [1.807, 2.05) is 81.4 Å². The van der Waals surface area contributed by atoms with E-state index < -0.39 is 11.7 Å². The summed E-state index contributed by atoms with van der Waals surface area (Å²) in [5.41, 5.74) is 10.5. The molecule has 6 rings (SSSR count). The van der Waals surface area contributed by atoms with Crippen molar-refractivity contribution in [1.82, 2.24) is 19.9 Å². The van der Waals surface area contributed by atoms with Gasteiger partial charge in [-0.1, -0.05) is 22.7 Å². The quantitative estimate of drug-likeness (QED) is 0.134. The zero-order chi connectivity index (χ0) is 32.0. The zero-order valence-electron chi connectivity index (χ0n) is 25.2. The van der Waals surface area contributed by atoms with Crippen molar-refractivity contribution in [2.45, 2.75) is 26.4 Å². The van der Waals surface area contributed by atoms with Gasteiger partial charge in [-0.2, -0.15) is 0 Å². The molecule has 0 atom stereocenters. The third-order valence-electron chi connectivity index (χ3n) is 5.87. The topological polar surface area (TPSA) is 158 Å². The molecule has 0 unspecified atom stereocenters. The van der Waals surface area contributed by atoms with E-state index >= 15 is 0 Å². The van der Waals surface area contributed by atoms with Crippen molar-refractivity contribution in [2.75, 3.05) is 35.9 Å². The molecular formula is C31H32N8O4S2. The Hall–Kier alpha value is -5.21. The van der Waals surface area contributed by atoms with Gasteiger partial charge in [-0.15, -0.1) is 0 Å². The lowest BCUT2D eigenvalue weighted by Gasteiger charge is -2.18. The predicted molar refractivity (Wildman–Crippen MR) is 182 cm³/mol. The summed E-state index contributed by atoms with van der Waals surface area (Å²) in [6.07, 6.45) is 2.86. The predicted octanol–water partition coefficient (Wildman–Crippen LogP) is 7.82. The minimum absolute atomic E-state index is 0.497. The molecular weight excluding hydrogens is 613 g/mol. The van der Waals surface area contributed by atoms with Crippen LogP contribution in [0, 0.1) is 0 Å². The number of amides is 1. The maximum atomic E-state index is 11.9. The molecule has 232 valence electrons. The number of rotatable bonds is 7. The fourth-order valence-corrected chi connectivity index (χ4v) is 5.66. The third kappa shape index (κ3) is 8.68. The summed E-state index contributed by atoms with van der Waals surface area (Å²) in [6.45, 7) is 5.45. The lowest BCUT2D eigenvalue weighted by molar-refractivity contribution is 0.0636. The first-order chi connectivity index (χ1) is 21.6. The van der Waals surface area contributed by atoms with Crippen LogP contribution in [0.3, 0.4) is 0 Å². The highest BCUT2D eigenvalue weighted by molar-refractivity contribution is 7.22. The number of nitrogens with two attached hydrogens (primary N) is 1. The Bertz CT molecular complexity index is 1940. The number of pyridine rings is 2. The van der Waals surface area contributed by atoms with Crippen LogP contribution >= 0.6 is 22.7 Å². The highest BCUT2D eigenvalue weighted by atomic mass is 32.1. The summed E-state index contributed by atoms with van der Waals surface area (Å²) in [4.78, 5) is 28.7. The second-order valence-corrected chi connectivity index (χ2v) is 12.6. The smallest absolute Gasteiger partial charge is 0.413 e. The van der Waals surface area contributed by atoms with E-state index in [1.165, 1.54) is 22.7 Å². The Morgan fingerprint density at radius 3 is 1.78 bits per heavy atom. The van der Waals surface area contributed by atoms with Crippen LogP contribution in [0.15, 0.2) is 73.1 Å². The van der Waals surface area contributed by atoms with Crippen molar-refractivity contribution in [3.63, 3.8) is 0 Å². The van der Waals surface area contributed by atoms with Crippen molar-refractivity contribution >= 4 is 82.2 Å². The van der Waals surface area contributed by atoms with E-state index in [4.69, 9.17) is 19.9 Å². The largest absolute Gasteiger partial charge is 0.481 e. The van der Waals surface area contributed by atoms with Crippen LogP contribution in [0.4, 0.5) is 37.8 Å². The summed E-state index contributed by atoms with van der Waals surface area (Å²) in [7, 11) is 3.17. The molecule has 0 aliphatic heterocycles. The number of nitrogens with zero attached hydrogens (tertiary/aromatic N) is 4. The van der Waals surface area contributed by atoms with Crippen molar-refractivity contribution in [3.05, 3.63) is 73.1 Å². The summed E-state index contributed by atoms with van der Waals surface area (Å²) in [5, 5.41) is 10.3. The molecule has 0 radical (unpaired) electrons. The molecule has 4 aromatic heterocycles. The number of nitrogens with one attached hydrogen (secondary N) is 3. The second-order valence-electron chi connectivity index (χ2n) is 10.5. The van der Waals surface area contributed by atoms with E-state index in [2.05, 4.69) is 35.9 Å². The Balaban J connectivity index is 0.000000186. The standard InChI is InChI=1S/C18H20N4O3S.C13H12N4OS/c1-18(2,3)25-17(23)22-16-21-13-6-5-11(9-14(13)26-16)20-12-7-8-19-15(10-12)24-4;1-18-12-7-9(4-5-15-12)16-8-2-3-10-11(6-8)19-13(14)17-10/h5-10H,1-4H3,(H,19,20)(H,21,22,23);2-7H,1H3,(H2,14,17)(H,15,16). The van der Waals surface area contributed by atoms with Gasteiger partial charge in [0.25, 0.3) is 0 Å². The second kappa shape index (κ2) is 13.6. The van der Waals surface area contributed by atoms with Gasteiger partial charge in [0, 0.05) is 47.3 Å². The van der Waals surface area contributed by atoms with E-state index in [1.54, 1.807) is 26.6 Å². The van der Waals surface area contributed by atoms with Crippen molar-refractivity contribution in [1.29, 1.82) is 0 Å². The van der Waals surface area contributed by atoms with Crippen LogP contribution in [-0.4, -0.2) is 45.8 Å². The van der Waals surface area contributed by atoms with Crippen molar-refractivity contribution < 1.29 is 19.0 Å². The van der Waals surface area contributed by atoms with E-state index in [0.717, 1.165) is 43.2 Å². The molecule has 45 heavy (non-hydrogen) atoms. The van der Waals surface area contributed by atoms with Crippen molar-refractivity contribution in [3.8, 4) is 11.8 Å². The number of methoxy groups -OCH3 is 2. The van der Waals surface area contributed by atoms with Crippen LogP contribution in [0.5, 0.6) is 11.8 Å². The highest BCUT2D eigenvalue weighted by Crippen LogP contribution is 2.31. The van der Waals surface area contributed by atoms with E-state index in [9.17, 15) is 4.79 Å². The number of hydrogen-bond donors (Lipinski definition) is 4. The van der Waals surface area contributed by atoms with Gasteiger partial charge >= 0.3 is 6.09 Å². The molecule has 5 N–H and O–H groups in total. The maximum absolute atomic E-state index is 11.9. The molecule has 0 saturated heterocycles. The molecule has 0 spiro atoms. The number of fused-ring (bicyclic) bond motifs is 2. The molecule has 1 amide bonds. The van der Waals surface area contributed by atoms with Gasteiger partial charge in [0.2, 0.25) is 11.8 Å². The first-order valence-electron chi connectivity index (χ1n) is 13.7. The van der Waals surface area contributed by atoms with Gasteiger partial charge in [-0.3, -0.25) is 5.32 Å². The van der Waals surface area contributed by atoms with Crippen LogP contribution in [0.25, 0.3) is 20.4 Å². The molecule has 0 aliphatic carbocycles. The Morgan fingerprint density at radius 1 is 0.733 bits per heavy atom. The number of anilines is 6. The SMILES string of the molecule is COc1cc(Nc2ccc3nc(N)sc3c2)ccn1.COc1cc(Nc2ccc3nc(NC(=O)OC(C)(C)C)sc3c2)ccn1. The minimum Gasteiger partial charge on any atom is -0.481 e. The zero-order valence-corrected chi connectivity index (χ0v) is 26.9. The minimum atomic E-state index is -0.552. The third-order valence-corrected chi connectivity index (χ3v) is 7.65. The Kier molecular flexibility index (Phi) is 9.45. The lowest BCUT2D eigenvalue weighted by Crippen LogP contribution is -2.27. The molecule has 0 aliphatic rings. The number of ether oxygens (including phenoxy) is 3. The molecule has 14 heteroatoms. The number of carbonyl (C=O) groups is 1. The number of hydrogen-bond acceptors (Lipinski definition) is 13. The molecule has 6 aromatic rings. The average Bonchev–Trinajstić information content (AvgIpc) is 3.57. The Labute approximate surface area is 267 Å². The van der Waals surface area contributed by atoms with Gasteiger partial charge < -0.3 is 30.6 Å². The van der Waals surface area contributed by atoms with Gasteiger partial charge in [-0.05, 0) is 69.3 Å². The maximum Gasteiger partial charge on any atom is 0.413 e. The van der Waals surface area contributed by atoms with Gasteiger partial charge in [0.05, 0.1) is 34.7 Å². The van der Waals surface area contributed by atoms with E-state index in [-0.39, 0.29) is 0 Å². The van der Waals surface area contributed by atoms with E-state index in [0.29, 0.717) is 22.0 Å². The molecule has 4 heterocycles. The average molecular weight is 645 g/mol. The van der Waals surface area contributed by atoms with Crippen LogP contribution < -0.4 is 31.2 Å². The fraction of sp³-hybridized carbons (Fsp3) is 0.194. The van der Waals surface area contributed by atoms with Crippen LogP contribution in [0.1, 0.15) is 20.8 Å². The fourth-order valence-electron chi connectivity index (χ4n) is 4.00. The number of thiazole rings is 2. The van der Waals surface area contributed by atoms with Crippen molar-refractivity contribution in [2.24, 2.45) is 0 Å². The summed E-state index contributed by atoms with van der Waals surface area (Å²) in [6, 6.07) is 19.1. The number of benzene rings is 2.